The Morgan fingerprint density at radius 1 is 1.33 bits per heavy atom. The molecule has 0 saturated carbocycles. The lowest BCUT2D eigenvalue weighted by atomic mass is 9.77. The van der Waals surface area contributed by atoms with Gasteiger partial charge in [0.25, 0.3) is 0 Å². The Balaban J connectivity index is 2.42. The lowest BCUT2D eigenvalue weighted by Gasteiger charge is -2.39. The lowest BCUT2D eigenvalue weighted by Crippen LogP contribution is -2.46. The maximum absolute atomic E-state index is 10.9. The second-order valence-corrected chi connectivity index (χ2v) is 4.85. The fourth-order valence-electron chi connectivity index (χ4n) is 2.57. The van der Waals surface area contributed by atoms with E-state index in [0.29, 0.717) is 12.2 Å². The van der Waals surface area contributed by atoms with Crippen LogP contribution in [-0.2, 0) is 5.60 Å². The molecule has 4 nitrogen and oxygen atoms in total. The molecule has 1 aromatic rings. The number of piperidine rings is 1. The number of benzene rings is 1. The number of rotatable bonds is 3. The van der Waals surface area contributed by atoms with Gasteiger partial charge in [-0.15, -0.1) is 0 Å². The summed E-state index contributed by atoms with van der Waals surface area (Å²) in [6.45, 7) is 3.68. The zero-order chi connectivity index (χ0) is 13.2. The summed E-state index contributed by atoms with van der Waals surface area (Å²) in [5.41, 5.74) is 0.0165. The maximum Gasteiger partial charge on any atom is 0.128 e. The molecule has 2 unspecified atom stereocenters. The molecule has 1 fully saturated rings. The quantitative estimate of drug-likeness (QED) is 0.855. The molecule has 1 aliphatic heterocycles. The molecule has 100 valence electrons. The largest absolute Gasteiger partial charge is 0.497 e. The van der Waals surface area contributed by atoms with Gasteiger partial charge in [0.15, 0.2) is 0 Å². The van der Waals surface area contributed by atoms with E-state index in [1.807, 2.05) is 18.2 Å². The molecule has 0 bridgehead atoms. The van der Waals surface area contributed by atoms with Crippen molar-refractivity contribution in [2.75, 3.05) is 27.3 Å². The van der Waals surface area contributed by atoms with Crippen molar-refractivity contribution in [3.05, 3.63) is 23.8 Å². The Hall–Kier alpha value is -1.26. The molecular formula is C14H21NO3. The first-order valence-electron chi connectivity index (χ1n) is 6.27. The van der Waals surface area contributed by atoms with E-state index in [0.717, 1.165) is 24.4 Å². The molecule has 0 aliphatic carbocycles. The molecule has 0 amide bonds. The molecule has 0 aromatic heterocycles. The van der Waals surface area contributed by atoms with Crippen LogP contribution in [0.15, 0.2) is 18.2 Å². The van der Waals surface area contributed by atoms with Crippen LogP contribution in [-0.4, -0.2) is 32.4 Å². The Bertz CT molecular complexity index is 422. The third kappa shape index (κ3) is 2.18. The second-order valence-electron chi connectivity index (χ2n) is 4.85. The molecule has 2 rings (SSSR count). The molecular weight excluding hydrogens is 230 g/mol. The number of nitrogens with one attached hydrogen (secondary N) is 1. The SMILES string of the molecule is COc1ccc(C2(O)CCNCC2C)c(OC)c1. The zero-order valence-electron chi connectivity index (χ0n) is 11.2. The molecule has 0 spiro atoms. The van der Waals surface area contributed by atoms with Gasteiger partial charge in [0.05, 0.1) is 19.8 Å². The molecule has 1 aromatic carbocycles. The Morgan fingerprint density at radius 3 is 2.72 bits per heavy atom. The van der Waals surface area contributed by atoms with Crippen LogP contribution >= 0.6 is 0 Å². The second kappa shape index (κ2) is 5.16. The van der Waals surface area contributed by atoms with E-state index in [1.54, 1.807) is 14.2 Å². The summed E-state index contributed by atoms with van der Waals surface area (Å²) in [7, 11) is 3.24. The standard InChI is InChI=1S/C14H21NO3/c1-10-9-15-7-6-14(10,16)12-5-4-11(17-2)8-13(12)18-3/h4-5,8,10,15-16H,6-7,9H2,1-3H3. The minimum absolute atomic E-state index is 0.147. The molecule has 1 aliphatic rings. The highest BCUT2D eigenvalue weighted by Crippen LogP contribution is 2.41. The van der Waals surface area contributed by atoms with Crippen molar-refractivity contribution < 1.29 is 14.6 Å². The highest BCUT2D eigenvalue weighted by molar-refractivity contribution is 5.44. The van der Waals surface area contributed by atoms with Gasteiger partial charge in [0.1, 0.15) is 11.5 Å². The van der Waals surface area contributed by atoms with Crippen LogP contribution in [0.4, 0.5) is 0 Å². The fraction of sp³-hybridized carbons (Fsp3) is 0.571. The van der Waals surface area contributed by atoms with Crippen molar-refractivity contribution in [3.8, 4) is 11.5 Å². The van der Waals surface area contributed by atoms with E-state index in [4.69, 9.17) is 9.47 Å². The molecule has 18 heavy (non-hydrogen) atoms. The summed E-state index contributed by atoms with van der Waals surface area (Å²) in [5, 5.41) is 14.2. The monoisotopic (exact) mass is 251 g/mol. The van der Waals surface area contributed by atoms with Gasteiger partial charge in [0, 0.05) is 24.1 Å². The van der Waals surface area contributed by atoms with Crippen molar-refractivity contribution in [3.63, 3.8) is 0 Å². The van der Waals surface area contributed by atoms with Crippen molar-refractivity contribution >= 4 is 0 Å². The third-order valence-electron chi connectivity index (χ3n) is 3.82. The van der Waals surface area contributed by atoms with E-state index in [2.05, 4.69) is 12.2 Å². The highest BCUT2D eigenvalue weighted by Gasteiger charge is 2.39. The normalized spacial score (nSPS) is 27.9. The van der Waals surface area contributed by atoms with Crippen LogP contribution in [0.3, 0.4) is 0 Å². The summed E-state index contributed by atoms with van der Waals surface area (Å²) in [6, 6.07) is 5.59. The summed E-state index contributed by atoms with van der Waals surface area (Å²) in [5.74, 6) is 1.57. The Morgan fingerprint density at radius 2 is 2.11 bits per heavy atom. The van der Waals surface area contributed by atoms with Crippen molar-refractivity contribution in [1.82, 2.24) is 5.32 Å². The Kier molecular flexibility index (Phi) is 3.78. The number of ether oxygens (including phenoxy) is 2. The van der Waals surface area contributed by atoms with E-state index in [1.165, 1.54) is 0 Å². The van der Waals surface area contributed by atoms with Crippen molar-refractivity contribution in [2.45, 2.75) is 18.9 Å². The van der Waals surface area contributed by atoms with Gasteiger partial charge in [-0.25, -0.2) is 0 Å². The van der Waals surface area contributed by atoms with Gasteiger partial charge in [-0.05, 0) is 25.1 Å². The van der Waals surface area contributed by atoms with Gasteiger partial charge in [-0.2, -0.15) is 0 Å². The highest BCUT2D eigenvalue weighted by atomic mass is 16.5. The van der Waals surface area contributed by atoms with Crippen LogP contribution in [0.2, 0.25) is 0 Å². The average Bonchev–Trinajstić information content (AvgIpc) is 2.41. The van der Waals surface area contributed by atoms with Crippen LogP contribution in [0, 0.1) is 5.92 Å². The summed E-state index contributed by atoms with van der Waals surface area (Å²) >= 11 is 0. The third-order valence-corrected chi connectivity index (χ3v) is 3.82. The predicted octanol–water partition coefficient (Wildman–Crippen LogP) is 1.52. The smallest absolute Gasteiger partial charge is 0.128 e. The van der Waals surface area contributed by atoms with Gasteiger partial charge >= 0.3 is 0 Å². The van der Waals surface area contributed by atoms with Crippen molar-refractivity contribution in [2.24, 2.45) is 5.92 Å². The van der Waals surface area contributed by atoms with Crippen LogP contribution in [0.25, 0.3) is 0 Å². The summed E-state index contributed by atoms with van der Waals surface area (Å²) in [4.78, 5) is 0. The number of hydrogen-bond donors (Lipinski definition) is 2. The van der Waals surface area contributed by atoms with E-state index in [-0.39, 0.29) is 5.92 Å². The van der Waals surface area contributed by atoms with Crippen LogP contribution in [0.1, 0.15) is 18.9 Å². The summed E-state index contributed by atoms with van der Waals surface area (Å²) in [6.07, 6.45) is 0.691. The first-order valence-corrected chi connectivity index (χ1v) is 6.27. The van der Waals surface area contributed by atoms with Crippen molar-refractivity contribution in [1.29, 1.82) is 0 Å². The van der Waals surface area contributed by atoms with E-state index in [9.17, 15) is 5.11 Å². The molecule has 1 heterocycles. The molecule has 0 radical (unpaired) electrons. The average molecular weight is 251 g/mol. The predicted molar refractivity (Wildman–Crippen MR) is 70.1 cm³/mol. The van der Waals surface area contributed by atoms with Crippen LogP contribution < -0.4 is 14.8 Å². The van der Waals surface area contributed by atoms with Gasteiger partial charge < -0.3 is 19.9 Å². The number of aliphatic hydroxyl groups is 1. The maximum atomic E-state index is 10.9. The van der Waals surface area contributed by atoms with Gasteiger partial charge in [-0.1, -0.05) is 6.92 Å². The minimum Gasteiger partial charge on any atom is -0.497 e. The molecule has 2 N–H and O–H groups in total. The van der Waals surface area contributed by atoms with E-state index < -0.39 is 5.60 Å². The number of hydrogen-bond acceptors (Lipinski definition) is 4. The first-order chi connectivity index (χ1) is 8.61. The van der Waals surface area contributed by atoms with E-state index >= 15 is 0 Å². The number of methoxy groups -OCH3 is 2. The summed E-state index contributed by atoms with van der Waals surface area (Å²) < 4.78 is 10.6. The molecule has 1 saturated heterocycles. The zero-order valence-corrected chi connectivity index (χ0v) is 11.2. The van der Waals surface area contributed by atoms with Gasteiger partial charge in [0.2, 0.25) is 0 Å². The minimum atomic E-state index is -0.830. The molecule has 4 heteroatoms. The van der Waals surface area contributed by atoms with Gasteiger partial charge in [-0.3, -0.25) is 0 Å². The molecule has 2 atom stereocenters. The lowest BCUT2D eigenvalue weighted by molar-refractivity contribution is -0.0408. The Labute approximate surface area is 108 Å². The first kappa shape index (κ1) is 13.2. The van der Waals surface area contributed by atoms with Crippen LogP contribution in [0.5, 0.6) is 11.5 Å². The fourth-order valence-corrected chi connectivity index (χ4v) is 2.57. The topological polar surface area (TPSA) is 50.7 Å².